The Morgan fingerprint density at radius 2 is 1.83 bits per heavy atom. The van der Waals surface area contributed by atoms with Crippen LogP contribution in [0.25, 0.3) is 0 Å². The van der Waals surface area contributed by atoms with E-state index in [0.717, 1.165) is 37.0 Å². The van der Waals surface area contributed by atoms with Crippen molar-refractivity contribution in [2.75, 3.05) is 20.6 Å². The molecule has 2 aromatic rings. The maximum atomic E-state index is 4.31. The highest BCUT2D eigenvalue weighted by molar-refractivity contribution is 5.19. The van der Waals surface area contributed by atoms with Crippen LogP contribution in [0.4, 0.5) is 0 Å². The Labute approximate surface area is 139 Å². The van der Waals surface area contributed by atoms with Crippen LogP contribution in [0.3, 0.4) is 0 Å². The molecule has 1 fully saturated rings. The van der Waals surface area contributed by atoms with Crippen LogP contribution in [0.1, 0.15) is 42.9 Å². The maximum Gasteiger partial charge on any atom is 0.0839 e. The smallest absolute Gasteiger partial charge is 0.0839 e. The van der Waals surface area contributed by atoms with E-state index in [2.05, 4.69) is 70.5 Å². The molecule has 0 radical (unpaired) electrons. The minimum atomic E-state index is 0.748. The second kappa shape index (κ2) is 7.73. The van der Waals surface area contributed by atoms with Crippen LogP contribution < -0.4 is 0 Å². The Hall–Kier alpha value is -1.68. The summed E-state index contributed by atoms with van der Waals surface area (Å²) >= 11 is 0. The van der Waals surface area contributed by atoms with E-state index in [0.29, 0.717) is 0 Å². The lowest BCUT2D eigenvalue weighted by Crippen LogP contribution is -2.18. The standard InChI is InChI=1S/C19H28N4/c1-22(2)13-12-19-15-23(21-20-19)14-16-8-10-18(11-9-16)17-6-4-3-5-7-17/h3-7,15-16,18H,8-14H2,1-2H3. The fourth-order valence-electron chi connectivity index (χ4n) is 3.55. The molecule has 0 N–H and O–H groups in total. The van der Waals surface area contributed by atoms with Gasteiger partial charge in [0, 0.05) is 25.7 Å². The summed E-state index contributed by atoms with van der Waals surface area (Å²) in [6.45, 7) is 2.05. The Morgan fingerprint density at radius 1 is 1.09 bits per heavy atom. The topological polar surface area (TPSA) is 34.0 Å². The lowest BCUT2D eigenvalue weighted by molar-refractivity contribution is 0.283. The summed E-state index contributed by atoms with van der Waals surface area (Å²) in [6, 6.07) is 11.0. The third-order valence-corrected chi connectivity index (χ3v) is 4.96. The van der Waals surface area contributed by atoms with Gasteiger partial charge in [0.2, 0.25) is 0 Å². The molecule has 3 rings (SSSR count). The Morgan fingerprint density at radius 3 is 2.52 bits per heavy atom. The van der Waals surface area contributed by atoms with Crippen LogP contribution in [0.2, 0.25) is 0 Å². The SMILES string of the molecule is CN(C)CCc1cn(CC2CCC(c3ccccc3)CC2)nn1. The zero-order valence-electron chi connectivity index (χ0n) is 14.4. The molecule has 0 amide bonds. The molecular formula is C19H28N4. The van der Waals surface area contributed by atoms with Gasteiger partial charge in [-0.3, -0.25) is 4.68 Å². The van der Waals surface area contributed by atoms with Crippen LogP contribution in [0.15, 0.2) is 36.5 Å². The van der Waals surface area contributed by atoms with Gasteiger partial charge in [-0.2, -0.15) is 0 Å². The van der Waals surface area contributed by atoms with Crippen LogP contribution in [0.5, 0.6) is 0 Å². The second-order valence-electron chi connectivity index (χ2n) is 7.11. The molecule has 4 heteroatoms. The highest BCUT2D eigenvalue weighted by Gasteiger charge is 2.22. The average Bonchev–Trinajstić information content (AvgIpc) is 3.02. The molecule has 0 unspecified atom stereocenters. The lowest BCUT2D eigenvalue weighted by atomic mass is 9.79. The molecule has 0 bridgehead atoms. The number of likely N-dealkylation sites (N-methyl/N-ethyl adjacent to an activating group) is 1. The summed E-state index contributed by atoms with van der Waals surface area (Å²) in [5.41, 5.74) is 2.62. The monoisotopic (exact) mass is 312 g/mol. The van der Waals surface area contributed by atoms with Crippen molar-refractivity contribution in [3.63, 3.8) is 0 Å². The van der Waals surface area contributed by atoms with Crippen molar-refractivity contribution in [1.29, 1.82) is 0 Å². The third kappa shape index (κ3) is 4.64. The van der Waals surface area contributed by atoms with Crippen molar-refractivity contribution in [2.24, 2.45) is 5.92 Å². The molecule has 4 nitrogen and oxygen atoms in total. The molecule has 23 heavy (non-hydrogen) atoms. The van der Waals surface area contributed by atoms with E-state index in [4.69, 9.17) is 0 Å². The molecule has 0 aliphatic heterocycles. The van der Waals surface area contributed by atoms with Crippen molar-refractivity contribution < 1.29 is 0 Å². The molecule has 1 aromatic heterocycles. The first kappa shape index (κ1) is 16.2. The Kier molecular flexibility index (Phi) is 5.44. The van der Waals surface area contributed by atoms with Gasteiger partial charge >= 0.3 is 0 Å². The fourth-order valence-corrected chi connectivity index (χ4v) is 3.55. The first-order valence-corrected chi connectivity index (χ1v) is 8.79. The molecular weight excluding hydrogens is 284 g/mol. The summed E-state index contributed by atoms with van der Waals surface area (Å²) in [7, 11) is 4.19. The molecule has 0 spiro atoms. The molecule has 0 atom stereocenters. The summed E-state index contributed by atoms with van der Waals surface area (Å²) in [5.74, 6) is 1.50. The minimum absolute atomic E-state index is 0.748. The van der Waals surface area contributed by atoms with E-state index >= 15 is 0 Å². The first-order valence-electron chi connectivity index (χ1n) is 8.79. The fraction of sp³-hybridized carbons (Fsp3) is 0.579. The predicted molar refractivity (Wildman–Crippen MR) is 93.4 cm³/mol. The zero-order valence-corrected chi connectivity index (χ0v) is 14.4. The van der Waals surface area contributed by atoms with Crippen LogP contribution in [-0.2, 0) is 13.0 Å². The van der Waals surface area contributed by atoms with E-state index in [-0.39, 0.29) is 0 Å². The summed E-state index contributed by atoms with van der Waals surface area (Å²) in [4.78, 5) is 2.18. The van der Waals surface area contributed by atoms with Crippen molar-refractivity contribution in [1.82, 2.24) is 19.9 Å². The molecule has 1 saturated carbocycles. The minimum Gasteiger partial charge on any atom is -0.309 e. The number of hydrogen-bond acceptors (Lipinski definition) is 3. The molecule has 1 aliphatic carbocycles. The lowest BCUT2D eigenvalue weighted by Gasteiger charge is -2.28. The van der Waals surface area contributed by atoms with Crippen LogP contribution in [-0.4, -0.2) is 40.5 Å². The molecule has 124 valence electrons. The number of hydrogen-bond donors (Lipinski definition) is 0. The average molecular weight is 312 g/mol. The van der Waals surface area contributed by atoms with Gasteiger partial charge in [-0.05, 0) is 57.2 Å². The summed E-state index contributed by atoms with van der Waals surface area (Å²) < 4.78 is 2.05. The zero-order chi connectivity index (χ0) is 16.1. The predicted octanol–water partition coefficient (Wildman–Crippen LogP) is 3.36. The number of benzene rings is 1. The molecule has 1 aromatic carbocycles. The van der Waals surface area contributed by atoms with Gasteiger partial charge in [-0.1, -0.05) is 35.5 Å². The van der Waals surface area contributed by atoms with Crippen molar-refractivity contribution in [3.05, 3.63) is 47.8 Å². The highest BCUT2D eigenvalue weighted by atomic mass is 15.4. The molecule has 1 aliphatic rings. The van der Waals surface area contributed by atoms with E-state index in [9.17, 15) is 0 Å². The van der Waals surface area contributed by atoms with Gasteiger partial charge in [0.05, 0.1) is 5.69 Å². The van der Waals surface area contributed by atoms with Gasteiger partial charge in [0.15, 0.2) is 0 Å². The van der Waals surface area contributed by atoms with Crippen molar-refractivity contribution >= 4 is 0 Å². The van der Waals surface area contributed by atoms with Gasteiger partial charge in [0.25, 0.3) is 0 Å². The van der Waals surface area contributed by atoms with Gasteiger partial charge in [-0.25, -0.2) is 0 Å². The highest BCUT2D eigenvalue weighted by Crippen LogP contribution is 2.36. The number of rotatable bonds is 6. The van der Waals surface area contributed by atoms with E-state index in [1.165, 1.54) is 31.2 Å². The summed E-state index contributed by atoms with van der Waals surface area (Å²) in [6.07, 6.45) is 8.31. The maximum absolute atomic E-state index is 4.31. The largest absolute Gasteiger partial charge is 0.309 e. The van der Waals surface area contributed by atoms with Crippen molar-refractivity contribution in [3.8, 4) is 0 Å². The van der Waals surface area contributed by atoms with Gasteiger partial charge < -0.3 is 4.90 Å². The van der Waals surface area contributed by atoms with Gasteiger partial charge in [-0.15, -0.1) is 5.10 Å². The number of nitrogens with zero attached hydrogens (tertiary/aromatic N) is 4. The van der Waals surface area contributed by atoms with E-state index in [1.54, 1.807) is 0 Å². The second-order valence-corrected chi connectivity index (χ2v) is 7.11. The normalized spacial score (nSPS) is 21.7. The first-order chi connectivity index (χ1) is 11.2. The van der Waals surface area contributed by atoms with E-state index < -0.39 is 0 Å². The Bertz CT molecular complexity index is 582. The Balaban J connectivity index is 1.47. The van der Waals surface area contributed by atoms with Crippen LogP contribution >= 0.6 is 0 Å². The molecule has 0 saturated heterocycles. The van der Waals surface area contributed by atoms with Gasteiger partial charge in [0.1, 0.15) is 0 Å². The molecule has 1 heterocycles. The number of aromatic nitrogens is 3. The summed E-state index contributed by atoms with van der Waals surface area (Å²) in [5, 5.41) is 8.62. The quantitative estimate of drug-likeness (QED) is 0.820. The third-order valence-electron chi connectivity index (χ3n) is 4.96. The van der Waals surface area contributed by atoms with Crippen LogP contribution in [0, 0.1) is 5.92 Å². The van der Waals surface area contributed by atoms with Crippen molar-refractivity contribution in [2.45, 2.75) is 44.6 Å². The van der Waals surface area contributed by atoms with E-state index in [1.807, 2.05) is 0 Å².